The van der Waals surface area contributed by atoms with Crippen LogP contribution in [0.5, 0.6) is 0 Å². The predicted octanol–water partition coefficient (Wildman–Crippen LogP) is 3.58. The number of carbonyl (C=O) groups is 1. The third-order valence-corrected chi connectivity index (χ3v) is 4.95. The van der Waals surface area contributed by atoms with Crippen molar-refractivity contribution in [3.05, 3.63) is 39.4 Å². The predicted molar refractivity (Wildman–Crippen MR) is 77.2 cm³/mol. The Morgan fingerprint density at radius 2 is 2.22 bits per heavy atom. The SMILES string of the molecule is CC(Cc1cccs1)N(C)c1ccc(C(=O)O)s1. The number of carboxylic acids is 1. The number of rotatable bonds is 5. The molecule has 2 aromatic heterocycles. The molecule has 2 heterocycles. The lowest BCUT2D eigenvalue weighted by Crippen LogP contribution is -2.29. The molecule has 0 aliphatic carbocycles. The Bertz CT molecular complexity index is 519. The Hall–Kier alpha value is -1.33. The summed E-state index contributed by atoms with van der Waals surface area (Å²) in [6.45, 7) is 2.15. The maximum Gasteiger partial charge on any atom is 0.345 e. The van der Waals surface area contributed by atoms with Crippen LogP contribution in [-0.2, 0) is 6.42 Å². The van der Waals surface area contributed by atoms with E-state index in [0.717, 1.165) is 11.4 Å². The van der Waals surface area contributed by atoms with E-state index in [-0.39, 0.29) is 0 Å². The van der Waals surface area contributed by atoms with Crippen LogP contribution in [0.3, 0.4) is 0 Å². The molecule has 1 atom stereocenters. The minimum absolute atomic E-state index is 0.351. The van der Waals surface area contributed by atoms with Crippen molar-refractivity contribution in [2.24, 2.45) is 0 Å². The van der Waals surface area contributed by atoms with E-state index in [4.69, 9.17) is 5.11 Å². The molecule has 96 valence electrons. The summed E-state index contributed by atoms with van der Waals surface area (Å²) in [4.78, 5) is 14.7. The summed E-state index contributed by atoms with van der Waals surface area (Å²) in [5.74, 6) is -0.856. The Labute approximate surface area is 114 Å². The van der Waals surface area contributed by atoms with E-state index in [1.54, 1.807) is 17.4 Å². The molecule has 3 nitrogen and oxygen atoms in total. The molecule has 1 N–H and O–H groups in total. The van der Waals surface area contributed by atoms with Gasteiger partial charge in [-0.1, -0.05) is 6.07 Å². The third kappa shape index (κ3) is 2.91. The van der Waals surface area contributed by atoms with E-state index < -0.39 is 5.97 Å². The van der Waals surface area contributed by atoms with Crippen molar-refractivity contribution in [1.82, 2.24) is 0 Å². The highest BCUT2D eigenvalue weighted by atomic mass is 32.1. The first-order valence-electron chi connectivity index (χ1n) is 5.66. The molecule has 5 heteroatoms. The molecule has 0 saturated heterocycles. The van der Waals surface area contributed by atoms with Crippen LogP contribution in [-0.4, -0.2) is 24.2 Å². The number of nitrogens with zero attached hydrogens (tertiary/aromatic N) is 1. The summed E-state index contributed by atoms with van der Waals surface area (Å²) >= 11 is 3.08. The zero-order valence-corrected chi connectivity index (χ0v) is 11.9. The highest BCUT2D eigenvalue weighted by molar-refractivity contribution is 7.17. The maximum atomic E-state index is 10.9. The Balaban J connectivity index is 2.05. The van der Waals surface area contributed by atoms with Gasteiger partial charge in [-0.15, -0.1) is 22.7 Å². The molecule has 0 radical (unpaired) electrons. The fraction of sp³-hybridized carbons (Fsp3) is 0.308. The summed E-state index contributed by atoms with van der Waals surface area (Å²) < 4.78 is 0. The molecule has 18 heavy (non-hydrogen) atoms. The minimum atomic E-state index is -0.856. The molecule has 2 rings (SSSR count). The maximum absolute atomic E-state index is 10.9. The molecule has 0 aliphatic rings. The van der Waals surface area contributed by atoms with Crippen LogP contribution in [0, 0.1) is 0 Å². The van der Waals surface area contributed by atoms with Gasteiger partial charge < -0.3 is 10.0 Å². The molecule has 0 aliphatic heterocycles. The van der Waals surface area contributed by atoms with E-state index in [1.165, 1.54) is 16.2 Å². The van der Waals surface area contributed by atoms with Crippen molar-refractivity contribution in [2.45, 2.75) is 19.4 Å². The number of hydrogen-bond acceptors (Lipinski definition) is 4. The van der Waals surface area contributed by atoms with Crippen LogP contribution in [0.1, 0.15) is 21.5 Å². The van der Waals surface area contributed by atoms with Gasteiger partial charge in [-0.2, -0.15) is 0 Å². The molecule has 0 aromatic carbocycles. The highest BCUT2D eigenvalue weighted by Gasteiger charge is 2.15. The quantitative estimate of drug-likeness (QED) is 0.910. The summed E-state index contributed by atoms with van der Waals surface area (Å²) in [7, 11) is 2.01. The minimum Gasteiger partial charge on any atom is -0.477 e. The third-order valence-electron chi connectivity index (χ3n) is 2.89. The van der Waals surface area contributed by atoms with Gasteiger partial charge in [0.1, 0.15) is 4.88 Å². The first-order chi connectivity index (χ1) is 8.58. The molecule has 0 amide bonds. The second-order valence-electron chi connectivity index (χ2n) is 4.19. The molecule has 2 aromatic rings. The average molecular weight is 281 g/mol. The number of thiophene rings is 2. The zero-order chi connectivity index (χ0) is 13.1. The molecule has 0 spiro atoms. The van der Waals surface area contributed by atoms with Crippen molar-refractivity contribution in [1.29, 1.82) is 0 Å². The lowest BCUT2D eigenvalue weighted by molar-refractivity contribution is 0.0702. The number of likely N-dealkylation sites (N-methyl/N-ethyl adjacent to an activating group) is 1. The van der Waals surface area contributed by atoms with E-state index >= 15 is 0 Å². The van der Waals surface area contributed by atoms with Gasteiger partial charge in [0.15, 0.2) is 0 Å². The van der Waals surface area contributed by atoms with Crippen LogP contribution in [0.4, 0.5) is 5.00 Å². The summed E-state index contributed by atoms with van der Waals surface area (Å²) in [5, 5.41) is 12.0. The van der Waals surface area contributed by atoms with Crippen molar-refractivity contribution in [2.75, 3.05) is 11.9 Å². The van der Waals surface area contributed by atoms with Gasteiger partial charge in [-0.3, -0.25) is 0 Å². The van der Waals surface area contributed by atoms with Crippen LogP contribution in [0.2, 0.25) is 0 Å². The van der Waals surface area contributed by atoms with Crippen molar-refractivity contribution < 1.29 is 9.90 Å². The van der Waals surface area contributed by atoms with Gasteiger partial charge >= 0.3 is 5.97 Å². The topological polar surface area (TPSA) is 40.5 Å². The normalized spacial score (nSPS) is 12.3. The van der Waals surface area contributed by atoms with Crippen molar-refractivity contribution in [3.8, 4) is 0 Å². The van der Waals surface area contributed by atoms with Gasteiger partial charge in [0.25, 0.3) is 0 Å². The van der Waals surface area contributed by atoms with Crippen molar-refractivity contribution in [3.63, 3.8) is 0 Å². The number of anilines is 1. The second kappa shape index (κ2) is 5.54. The number of carboxylic acid groups (broad SMARTS) is 1. The van der Waals surface area contributed by atoms with Crippen molar-refractivity contribution >= 4 is 33.6 Å². The molecule has 0 saturated carbocycles. The summed E-state index contributed by atoms with van der Waals surface area (Å²) in [6, 6.07) is 8.08. The standard InChI is InChI=1S/C13H15NO2S2/c1-9(8-10-4-3-7-17-10)14(2)12-6-5-11(18-12)13(15)16/h3-7,9H,8H2,1-2H3,(H,15,16). The van der Waals surface area contributed by atoms with E-state index in [9.17, 15) is 4.79 Å². The first kappa shape index (κ1) is 13.1. The van der Waals surface area contributed by atoms with E-state index in [0.29, 0.717) is 10.9 Å². The largest absolute Gasteiger partial charge is 0.477 e. The van der Waals surface area contributed by atoms with Gasteiger partial charge in [0.05, 0.1) is 5.00 Å². The first-order valence-corrected chi connectivity index (χ1v) is 7.36. The average Bonchev–Trinajstić information content (AvgIpc) is 2.98. The molecule has 0 bridgehead atoms. The van der Waals surface area contributed by atoms with Crippen LogP contribution < -0.4 is 4.90 Å². The highest BCUT2D eigenvalue weighted by Crippen LogP contribution is 2.27. The van der Waals surface area contributed by atoms with Crippen LogP contribution in [0.15, 0.2) is 29.6 Å². The van der Waals surface area contributed by atoms with Gasteiger partial charge in [-0.05, 0) is 30.5 Å². The monoisotopic (exact) mass is 281 g/mol. The number of hydrogen-bond donors (Lipinski definition) is 1. The lowest BCUT2D eigenvalue weighted by Gasteiger charge is -2.25. The molecular weight excluding hydrogens is 266 g/mol. The number of aromatic carboxylic acids is 1. The Morgan fingerprint density at radius 1 is 1.44 bits per heavy atom. The van der Waals surface area contributed by atoms with Crippen LogP contribution in [0.25, 0.3) is 0 Å². The Morgan fingerprint density at radius 3 is 2.78 bits per heavy atom. The second-order valence-corrected chi connectivity index (χ2v) is 6.28. The van der Waals surface area contributed by atoms with E-state index in [2.05, 4.69) is 29.3 Å². The van der Waals surface area contributed by atoms with Gasteiger partial charge in [0, 0.05) is 24.4 Å². The summed E-state index contributed by atoms with van der Waals surface area (Å²) in [6.07, 6.45) is 0.981. The smallest absolute Gasteiger partial charge is 0.345 e. The fourth-order valence-corrected chi connectivity index (χ4v) is 3.44. The lowest BCUT2D eigenvalue weighted by atomic mass is 10.2. The Kier molecular flexibility index (Phi) is 4.04. The van der Waals surface area contributed by atoms with Gasteiger partial charge in [-0.25, -0.2) is 4.79 Å². The molecule has 0 fully saturated rings. The fourth-order valence-electron chi connectivity index (χ4n) is 1.71. The molecular formula is C13H15NO2S2. The summed E-state index contributed by atoms with van der Waals surface area (Å²) in [5.41, 5.74) is 0. The van der Waals surface area contributed by atoms with E-state index in [1.807, 2.05) is 13.1 Å². The zero-order valence-electron chi connectivity index (χ0n) is 10.3. The van der Waals surface area contributed by atoms with Gasteiger partial charge in [0.2, 0.25) is 0 Å². The van der Waals surface area contributed by atoms with Crippen LogP contribution >= 0.6 is 22.7 Å². The molecule has 1 unspecified atom stereocenters.